The van der Waals surface area contributed by atoms with Gasteiger partial charge in [0.1, 0.15) is 11.6 Å². The number of aromatic nitrogens is 1. The molecule has 1 unspecified atom stereocenters. The molecule has 0 saturated carbocycles. The van der Waals surface area contributed by atoms with E-state index in [0.29, 0.717) is 10.9 Å². The average molecular weight is 208 g/mol. The van der Waals surface area contributed by atoms with Gasteiger partial charge in [-0.3, -0.25) is 0 Å². The molecule has 3 heteroatoms. The van der Waals surface area contributed by atoms with Crippen molar-refractivity contribution in [2.75, 3.05) is 0 Å². The first-order valence-electron chi connectivity index (χ1n) is 4.88. The summed E-state index contributed by atoms with van der Waals surface area (Å²) in [7, 11) is 0. The smallest absolute Gasteiger partial charge is 0.150 e. The standard InChI is InChI=1S/C12H12F2N/c1-3-8(2)15-5-4-9-6-10(13)7-11(14)12(9)15/h3-8H,1-2H3. The van der Waals surface area contributed by atoms with Crippen LogP contribution in [0, 0.1) is 18.1 Å². The van der Waals surface area contributed by atoms with Crippen molar-refractivity contribution in [3.63, 3.8) is 0 Å². The quantitative estimate of drug-likeness (QED) is 0.709. The minimum atomic E-state index is -0.536. The lowest BCUT2D eigenvalue weighted by molar-refractivity contribution is 0.575. The second kappa shape index (κ2) is 3.65. The third kappa shape index (κ3) is 1.62. The van der Waals surface area contributed by atoms with Crippen molar-refractivity contribution in [1.82, 2.24) is 4.57 Å². The maximum absolute atomic E-state index is 13.6. The van der Waals surface area contributed by atoms with Gasteiger partial charge in [0.25, 0.3) is 0 Å². The number of rotatable bonds is 2. The van der Waals surface area contributed by atoms with Crippen LogP contribution in [0.15, 0.2) is 24.4 Å². The minimum absolute atomic E-state index is 0.0995. The van der Waals surface area contributed by atoms with E-state index in [4.69, 9.17) is 0 Å². The van der Waals surface area contributed by atoms with Crippen LogP contribution in [0.25, 0.3) is 10.9 Å². The van der Waals surface area contributed by atoms with E-state index in [-0.39, 0.29) is 6.04 Å². The van der Waals surface area contributed by atoms with Crippen molar-refractivity contribution in [2.24, 2.45) is 0 Å². The Kier molecular flexibility index (Phi) is 2.47. The van der Waals surface area contributed by atoms with Gasteiger partial charge in [-0.1, -0.05) is 6.92 Å². The summed E-state index contributed by atoms with van der Waals surface area (Å²) >= 11 is 0. The molecule has 2 aromatic rings. The van der Waals surface area contributed by atoms with Gasteiger partial charge < -0.3 is 4.57 Å². The van der Waals surface area contributed by atoms with Crippen molar-refractivity contribution in [3.05, 3.63) is 42.5 Å². The summed E-state index contributed by atoms with van der Waals surface area (Å²) < 4.78 is 28.3. The number of benzene rings is 1. The summed E-state index contributed by atoms with van der Waals surface area (Å²) in [6, 6.07) is 4.09. The summed E-state index contributed by atoms with van der Waals surface area (Å²) in [5, 5.41) is 0.598. The maximum Gasteiger partial charge on any atom is 0.150 e. The highest BCUT2D eigenvalue weighted by atomic mass is 19.1. The third-order valence-electron chi connectivity index (χ3n) is 2.65. The largest absolute Gasteiger partial charge is 0.342 e. The van der Waals surface area contributed by atoms with Crippen LogP contribution in [-0.2, 0) is 0 Å². The molecule has 0 aliphatic rings. The van der Waals surface area contributed by atoms with E-state index in [2.05, 4.69) is 0 Å². The van der Waals surface area contributed by atoms with E-state index in [1.165, 1.54) is 6.07 Å². The number of nitrogens with zero attached hydrogens (tertiary/aromatic N) is 1. The first kappa shape index (κ1) is 10.1. The van der Waals surface area contributed by atoms with Gasteiger partial charge in [0.15, 0.2) is 0 Å². The Balaban J connectivity index is 2.69. The SMILES string of the molecule is C[CH]C(C)n1ccc2cc(F)cc(F)c21. The highest BCUT2D eigenvalue weighted by Gasteiger charge is 2.11. The van der Waals surface area contributed by atoms with Crippen LogP contribution >= 0.6 is 0 Å². The second-order valence-electron chi connectivity index (χ2n) is 3.62. The summed E-state index contributed by atoms with van der Waals surface area (Å²) in [5.41, 5.74) is 0.460. The number of halogens is 2. The Morgan fingerprint density at radius 2 is 2.07 bits per heavy atom. The van der Waals surface area contributed by atoms with E-state index in [9.17, 15) is 8.78 Å². The summed E-state index contributed by atoms with van der Waals surface area (Å²) in [5.74, 6) is -1.05. The molecule has 0 aliphatic carbocycles. The zero-order valence-electron chi connectivity index (χ0n) is 8.67. The monoisotopic (exact) mass is 208 g/mol. The van der Waals surface area contributed by atoms with Crippen LogP contribution in [0.4, 0.5) is 8.78 Å². The zero-order chi connectivity index (χ0) is 11.0. The molecule has 0 fully saturated rings. The molecular formula is C12H12F2N. The molecule has 0 bridgehead atoms. The van der Waals surface area contributed by atoms with Crippen molar-refractivity contribution in [2.45, 2.75) is 19.9 Å². The second-order valence-corrected chi connectivity index (χ2v) is 3.62. The lowest BCUT2D eigenvalue weighted by Crippen LogP contribution is -2.03. The van der Waals surface area contributed by atoms with Crippen molar-refractivity contribution in [1.29, 1.82) is 0 Å². The Morgan fingerprint density at radius 1 is 1.33 bits per heavy atom. The van der Waals surface area contributed by atoms with Gasteiger partial charge in [0.05, 0.1) is 5.52 Å². The van der Waals surface area contributed by atoms with E-state index in [1.807, 2.05) is 20.3 Å². The van der Waals surface area contributed by atoms with E-state index in [1.54, 1.807) is 16.8 Å². The molecule has 0 spiro atoms. The fourth-order valence-electron chi connectivity index (χ4n) is 1.72. The fraction of sp³-hybridized carbons (Fsp3) is 0.250. The van der Waals surface area contributed by atoms with Crippen molar-refractivity contribution >= 4 is 10.9 Å². The molecule has 15 heavy (non-hydrogen) atoms. The van der Waals surface area contributed by atoms with Crippen LogP contribution in [0.2, 0.25) is 0 Å². The molecule has 0 aliphatic heterocycles. The zero-order valence-corrected chi connectivity index (χ0v) is 8.67. The van der Waals surface area contributed by atoms with Crippen LogP contribution in [0.5, 0.6) is 0 Å². The van der Waals surface area contributed by atoms with E-state index < -0.39 is 11.6 Å². The van der Waals surface area contributed by atoms with Crippen LogP contribution < -0.4 is 0 Å². The Labute approximate surface area is 87.3 Å². The molecule has 1 aromatic heterocycles. The number of hydrogen-bond acceptors (Lipinski definition) is 0. The summed E-state index contributed by atoms with van der Waals surface area (Å²) in [4.78, 5) is 0. The number of fused-ring (bicyclic) bond motifs is 1. The topological polar surface area (TPSA) is 4.93 Å². The molecule has 79 valence electrons. The molecule has 2 rings (SSSR count). The van der Waals surface area contributed by atoms with Crippen LogP contribution in [0.3, 0.4) is 0 Å². The van der Waals surface area contributed by atoms with Gasteiger partial charge in [-0.05, 0) is 25.5 Å². The minimum Gasteiger partial charge on any atom is -0.342 e. The molecule has 0 amide bonds. The predicted molar refractivity (Wildman–Crippen MR) is 56.5 cm³/mol. The molecule has 1 atom stereocenters. The molecule has 1 nitrogen and oxygen atoms in total. The highest BCUT2D eigenvalue weighted by molar-refractivity contribution is 5.81. The van der Waals surface area contributed by atoms with Gasteiger partial charge in [0.2, 0.25) is 0 Å². The predicted octanol–water partition coefficient (Wildman–Crippen LogP) is 3.70. The molecule has 0 saturated heterocycles. The van der Waals surface area contributed by atoms with Gasteiger partial charge in [0, 0.05) is 23.7 Å². The summed E-state index contributed by atoms with van der Waals surface area (Å²) in [6.07, 6.45) is 3.74. The first-order valence-corrected chi connectivity index (χ1v) is 4.88. The lowest BCUT2D eigenvalue weighted by Gasteiger charge is -2.12. The molecule has 1 aromatic carbocycles. The third-order valence-corrected chi connectivity index (χ3v) is 2.65. The van der Waals surface area contributed by atoms with Gasteiger partial charge in [-0.15, -0.1) is 0 Å². The Bertz CT molecular complexity index is 488. The molecular weight excluding hydrogens is 196 g/mol. The normalized spacial score (nSPS) is 13.3. The lowest BCUT2D eigenvalue weighted by atomic mass is 10.2. The molecule has 1 heterocycles. The first-order chi connectivity index (χ1) is 7.13. The van der Waals surface area contributed by atoms with Crippen molar-refractivity contribution in [3.8, 4) is 0 Å². The Morgan fingerprint density at radius 3 is 2.73 bits per heavy atom. The van der Waals surface area contributed by atoms with Crippen molar-refractivity contribution < 1.29 is 8.78 Å². The fourth-order valence-corrected chi connectivity index (χ4v) is 1.72. The van der Waals surface area contributed by atoms with Crippen LogP contribution in [0.1, 0.15) is 19.9 Å². The molecule has 0 N–H and O–H groups in total. The highest BCUT2D eigenvalue weighted by Crippen LogP contribution is 2.24. The Hall–Kier alpha value is -1.38. The summed E-state index contributed by atoms with van der Waals surface area (Å²) in [6.45, 7) is 3.88. The van der Waals surface area contributed by atoms with Gasteiger partial charge >= 0.3 is 0 Å². The van der Waals surface area contributed by atoms with E-state index in [0.717, 1.165) is 6.07 Å². The number of hydrogen-bond donors (Lipinski definition) is 0. The van der Waals surface area contributed by atoms with Gasteiger partial charge in [-0.2, -0.15) is 0 Å². The van der Waals surface area contributed by atoms with Crippen LogP contribution in [-0.4, -0.2) is 4.57 Å². The maximum atomic E-state index is 13.6. The van der Waals surface area contributed by atoms with E-state index >= 15 is 0 Å². The van der Waals surface area contributed by atoms with Gasteiger partial charge in [-0.25, -0.2) is 8.78 Å². The average Bonchev–Trinajstić information content (AvgIpc) is 2.60. The molecule has 1 radical (unpaired) electrons.